The number of aromatic nitrogens is 3. The lowest BCUT2D eigenvalue weighted by molar-refractivity contribution is 0.574. The molecule has 5 heteroatoms. The Labute approximate surface area is 258 Å². The van der Waals surface area contributed by atoms with Gasteiger partial charge in [-0.2, -0.15) is 0 Å². The van der Waals surface area contributed by atoms with Gasteiger partial charge in [-0.3, -0.25) is 0 Å². The molecule has 3 aromatic heterocycles. The van der Waals surface area contributed by atoms with Gasteiger partial charge in [0, 0.05) is 27.6 Å². The van der Waals surface area contributed by atoms with Crippen molar-refractivity contribution in [3.05, 3.63) is 152 Å². The van der Waals surface area contributed by atoms with Crippen LogP contribution in [0, 0.1) is 0 Å². The third-order valence-electron chi connectivity index (χ3n) is 8.52. The van der Waals surface area contributed by atoms with Gasteiger partial charge >= 0.3 is 0 Å². The molecule has 9 aromatic rings. The summed E-state index contributed by atoms with van der Waals surface area (Å²) in [5, 5.41) is 4.85. The molecule has 3 heterocycles. The molecule has 6 aromatic carbocycles. The molecule has 0 aliphatic carbocycles. The molecule has 0 aliphatic rings. The Bertz CT molecular complexity index is 2470. The number of oxazole rings is 2. The van der Waals surface area contributed by atoms with Crippen molar-refractivity contribution in [2.45, 2.75) is 0 Å². The van der Waals surface area contributed by atoms with Crippen LogP contribution in [0.15, 0.2) is 161 Å². The summed E-state index contributed by atoms with van der Waals surface area (Å²) in [6, 6.07) is 45.2. The number of para-hydroxylation sites is 1. The second-order valence-electron chi connectivity index (χ2n) is 11.1. The minimum absolute atomic E-state index is 0.611. The zero-order valence-corrected chi connectivity index (χ0v) is 24.1. The summed E-state index contributed by atoms with van der Waals surface area (Å²) in [5.74, 6) is 1.22. The van der Waals surface area contributed by atoms with Gasteiger partial charge in [-0.1, -0.05) is 78.9 Å². The Morgan fingerprint density at radius 2 is 1.07 bits per heavy atom. The van der Waals surface area contributed by atoms with E-state index in [2.05, 4.69) is 130 Å². The van der Waals surface area contributed by atoms with Crippen LogP contribution in [-0.4, -0.2) is 14.5 Å². The molecule has 5 nitrogen and oxygen atoms in total. The SMILES string of the molecule is c1ccc(-n2c3cc(-c4cccc(-c5ncco5)c4)ccc3c3c4ccccc4c(-c4cccc(-c5ncco5)c4)cc32)cc1. The molecule has 0 atom stereocenters. The van der Waals surface area contributed by atoms with E-state index in [4.69, 9.17) is 8.83 Å². The highest BCUT2D eigenvalue weighted by Crippen LogP contribution is 2.43. The number of hydrogen-bond donors (Lipinski definition) is 0. The third kappa shape index (κ3) is 4.17. The van der Waals surface area contributed by atoms with E-state index in [-0.39, 0.29) is 0 Å². The Morgan fingerprint density at radius 1 is 0.444 bits per heavy atom. The van der Waals surface area contributed by atoms with E-state index in [1.54, 1.807) is 24.9 Å². The van der Waals surface area contributed by atoms with Gasteiger partial charge in [0.1, 0.15) is 12.5 Å². The van der Waals surface area contributed by atoms with Crippen LogP contribution in [0.25, 0.3) is 83.4 Å². The molecule has 0 radical (unpaired) electrons. The van der Waals surface area contributed by atoms with Crippen LogP contribution in [-0.2, 0) is 0 Å². The van der Waals surface area contributed by atoms with Crippen molar-refractivity contribution in [3.63, 3.8) is 0 Å². The van der Waals surface area contributed by atoms with Crippen molar-refractivity contribution in [1.29, 1.82) is 0 Å². The van der Waals surface area contributed by atoms with Crippen LogP contribution in [0.4, 0.5) is 0 Å². The van der Waals surface area contributed by atoms with Crippen LogP contribution < -0.4 is 0 Å². The second-order valence-corrected chi connectivity index (χ2v) is 11.1. The monoisotopic (exact) mass is 579 g/mol. The molecule has 212 valence electrons. The van der Waals surface area contributed by atoms with Crippen molar-refractivity contribution in [3.8, 4) is 50.8 Å². The largest absolute Gasteiger partial charge is 0.445 e. The first-order valence-corrected chi connectivity index (χ1v) is 14.9. The van der Waals surface area contributed by atoms with Crippen LogP contribution in [0.1, 0.15) is 0 Å². The average molecular weight is 580 g/mol. The number of hydrogen-bond acceptors (Lipinski definition) is 4. The molecular formula is C40H25N3O2. The summed E-state index contributed by atoms with van der Waals surface area (Å²) in [6.07, 6.45) is 6.57. The van der Waals surface area contributed by atoms with Crippen LogP contribution in [0.3, 0.4) is 0 Å². The van der Waals surface area contributed by atoms with Crippen molar-refractivity contribution in [2.24, 2.45) is 0 Å². The minimum atomic E-state index is 0.611. The summed E-state index contributed by atoms with van der Waals surface area (Å²) >= 11 is 0. The first kappa shape index (κ1) is 25.3. The van der Waals surface area contributed by atoms with Gasteiger partial charge in [0.15, 0.2) is 0 Å². The predicted molar refractivity (Wildman–Crippen MR) is 180 cm³/mol. The summed E-state index contributed by atoms with van der Waals surface area (Å²) < 4.78 is 13.6. The van der Waals surface area contributed by atoms with Gasteiger partial charge in [0.2, 0.25) is 11.8 Å². The molecule has 0 aliphatic heterocycles. The summed E-state index contributed by atoms with van der Waals surface area (Å²) in [5.41, 5.74) is 9.79. The smallest absolute Gasteiger partial charge is 0.225 e. The zero-order valence-electron chi connectivity index (χ0n) is 24.1. The van der Waals surface area contributed by atoms with Crippen molar-refractivity contribution < 1.29 is 8.83 Å². The van der Waals surface area contributed by atoms with Crippen molar-refractivity contribution >= 4 is 32.6 Å². The van der Waals surface area contributed by atoms with E-state index in [1.165, 1.54) is 21.5 Å². The van der Waals surface area contributed by atoms with Crippen molar-refractivity contribution in [2.75, 3.05) is 0 Å². The van der Waals surface area contributed by atoms with Gasteiger partial charge in [0.25, 0.3) is 0 Å². The molecule has 0 saturated carbocycles. The van der Waals surface area contributed by atoms with E-state index in [1.807, 2.05) is 12.1 Å². The third-order valence-corrected chi connectivity index (χ3v) is 8.52. The maximum Gasteiger partial charge on any atom is 0.225 e. The highest BCUT2D eigenvalue weighted by Gasteiger charge is 2.19. The Morgan fingerprint density at radius 3 is 1.78 bits per heavy atom. The zero-order chi connectivity index (χ0) is 29.7. The normalized spacial score (nSPS) is 11.6. The topological polar surface area (TPSA) is 57.0 Å². The van der Waals surface area contributed by atoms with E-state index in [0.717, 1.165) is 50.1 Å². The second kappa shape index (κ2) is 10.2. The van der Waals surface area contributed by atoms with Gasteiger partial charge < -0.3 is 13.4 Å². The van der Waals surface area contributed by atoms with Gasteiger partial charge in [-0.05, 0) is 81.6 Å². The van der Waals surface area contributed by atoms with Crippen LogP contribution in [0.2, 0.25) is 0 Å². The predicted octanol–water partition coefficient (Wildman–Crippen LogP) is 10.6. The van der Waals surface area contributed by atoms with Gasteiger partial charge in [-0.15, -0.1) is 0 Å². The molecule has 0 spiro atoms. The Kier molecular flexibility index (Phi) is 5.74. The average Bonchev–Trinajstić information content (AvgIpc) is 3.90. The molecule has 9 rings (SSSR count). The van der Waals surface area contributed by atoms with E-state index in [0.29, 0.717) is 11.8 Å². The fourth-order valence-electron chi connectivity index (χ4n) is 6.54. The van der Waals surface area contributed by atoms with Gasteiger partial charge in [0.05, 0.1) is 23.4 Å². The minimum Gasteiger partial charge on any atom is -0.445 e. The molecule has 0 N–H and O–H groups in total. The molecule has 0 saturated heterocycles. The summed E-state index contributed by atoms with van der Waals surface area (Å²) in [4.78, 5) is 8.75. The van der Waals surface area contributed by atoms with E-state index in [9.17, 15) is 0 Å². The van der Waals surface area contributed by atoms with E-state index < -0.39 is 0 Å². The number of fused-ring (bicyclic) bond motifs is 5. The molecule has 0 unspecified atom stereocenters. The van der Waals surface area contributed by atoms with Crippen molar-refractivity contribution in [1.82, 2.24) is 14.5 Å². The quantitative estimate of drug-likeness (QED) is 0.204. The maximum absolute atomic E-state index is 5.64. The lowest BCUT2D eigenvalue weighted by Gasteiger charge is -2.13. The first-order chi connectivity index (χ1) is 22.3. The Hall–Kier alpha value is -6.20. The maximum atomic E-state index is 5.64. The Balaban J connectivity index is 1.34. The summed E-state index contributed by atoms with van der Waals surface area (Å²) in [6.45, 7) is 0. The molecule has 0 amide bonds. The van der Waals surface area contributed by atoms with E-state index >= 15 is 0 Å². The molecule has 45 heavy (non-hydrogen) atoms. The lowest BCUT2D eigenvalue weighted by atomic mass is 9.93. The van der Waals surface area contributed by atoms with Crippen LogP contribution in [0.5, 0.6) is 0 Å². The van der Waals surface area contributed by atoms with Gasteiger partial charge in [-0.25, -0.2) is 9.97 Å². The standard InChI is InChI=1S/C40H25N3O2/c1-2-12-31(13-3-1)43-36-24-27(26-8-6-10-29(22-26)39-41-18-20-44-39)16-17-34(36)38-33-15-5-4-14-32(33)35(25-37(38)43)28-9-7-11-30(23-28)40-42-19-21-45-40/h1-25H. The number of rotatable bonds is 5. The molecule has 0 bridgehead atoms. The number of nitrogens with zero attached hydrogens (tertiary/aromatic N) is 3. The van der Waals surface area contributed by atoms with Crippen LogP contribution >= 0.6 is 0 Å². The fraction of sp³-hybridized carbons (Fsp3) is 0. The number of benzene rings is 6. The first-order valence-electron chi connectivity index (χ1n) is 14.9. The fourth-order valence-corrected chi connectivity index (χ4v) is 6.54. The lowest BCUT2D eigenvalue weighted by Crippen LogP contribution is -1.94. The highest BCUT2D eigenvalue weighted by molar-refractivity contribution is 6.24. The molecular weight excluding hydrogens is 554 g/mol. The summed E-state index contributed by atoms with van der Waals surface area (Å²) in [7, 11) is 0. The highest BCUT2D eigenvalue weighted by atomic mass is 16.3. The molecule has 0 fully saturated rings.